The first-order valence-electron chi connectivity index (χ1n) is 7.83. The Kier molecular flexibility index (Phi) is 4.84. The summed E-state index contributed by atoms with van der Waals surface area (Å²) in [6, 6.07) is 0.206. The van der Waals surface area contributed by atoms with Gasteiger partial charge in [0.25, 0.3) is 0 Å². The fourth-order valence-electron chi connectivity index (χ4n) is 3.74. The van der Waals surface area contributed by atoms with Crippen LogP contribution in [0.5, 0.6) is 0 Å². The highest BCUT2D eigenvalue weighted by atomic mass is 35.5. The zero-order valence-corrected chi connectivity index (χ0v) is 13.5. The van der Waals surface area contributed by atoms with Gasteiger partial charge in [0.05, 0.1) is 48.3 Å². The number of rotatable bonds is 7. The Labute approximate surface area is 130 Å². The summed E-state index contributed by atoms with van der Waals surface area (Å²) in [6.07, 6.45) is 6.03. The van der Waals surface area contributed by atoms with Gasteiger partial charge in [-0.05, 0) is 25.8 Å². The first kappa shape index (κ1) is 15.3. The van der Waals surface area contributed by atoms with Crippen molar-refractivity contribution in [3.8, 4) is 0 Å². The second kappa shape index (κ2) is 6.65. The van der Waals surface area contributed by atoms with Crippen LogP contribution in [0, 0.1) is 5.92 Å². The Morgan fingerprint density at radius 2 is 2.43 bits per heavy atom. The number of hydrogen-bond acceptors (Lipinski definition) is 4. The highest BCUT2D eigenvalue weighted by Gasteiger charge is 2.45. The Balaban J connectivity index is 1.85. The topological polar surface area (TPSA) is 48.3 Å². The fourth-order valence-corrected chi connectivity index (χ4v) is 3.99. The molecule has 3 rings (SSSR count). The molecule has 0 aliphatic carbocycles. The maximum Gasteiger partial charge on any atom is 0.0834 e. The molecule has 6 heteroatoms. The molecule has 2 aliphatic heterocycles. The van der Waals surface area contributed by atoms with Gasteiger partial charge in [-0.1, -0.05) is 18.5 Å². The lowest BCUT2D eigenvalue weighted by molar-refractivity contribution is 0.0848. The Hall–Kier alpha value is -0.620. The average Bonchev–Trinajstić information content (AvgIpc) is 3.18. The van der Waals surface area contributed by atoms with Crippen molar-refractivity contribution in [1.29, 1.82) is 0 Å². The highest BCUT2D eigenvalue weighted by Crippen LogP contribution is 2.45. The Bertz CT molecular complexity index is 479. The van der Waals surface area contributed by atoms with E-state index in [4.69, 9.17) is 21.1 Å². The summed E-state index contributed by atoms with van der Waals surface area (Å²) >= 11 is 6.43. The van der Waals surface area contributed by atoms with E-state index in [0.717, 1.165) is 30.2 Å². The van der Waals surface area contributed by atoms with Crippen LogP contribution >= 0.6 is 11.6 Å². The third kappa shape index (κ3) is 2.97. The van der Waals surface area contributed by atoms with E-state index in [1.807, 2.05) is 4.68 Å². The number of fused-ring (bicyclic) bond motifs is 2. The minimum Gasteiger partial charge on any atom is -0.383 e. The lowest BCUT2D eigenvalue weighted by Gasteiger charge is -2.30. The molecule has 0 amide bonds. The van der Waals surface area contributed by atoms with Crippen molar-refractivity contribution in [1.82, 2.24) is 15.1 Å². The molecule has 3 heterocycles. The van der Waals surface area contributed by atoms with Gasteiger partial charge in [-0.25, -0.2) is 0 Å². The molecule has 0 saturated carbocycles. The average molecular weight is 314 g/mol. The zero-order chi connectivity index (χ0) is 14.8. The SMILES string of the molecule is CCNC(c1c(Cl)cnn1CCOC)C1CC2CCC1O2. The highest BCUT2D eigenvalue weighted by molar-refractivity contribution is 6.31. The minimum atomic E-state index is 0.206. The van der Waals surface area contributed by atoms with E-state index in [-0.39, 0.29) is 6.04 Å². The van der Waals surface area contributed by atoms with Crippen molar-refractivity contribution in [2.75, 3.05) is 20.3 Å². The van der Waals surface area contributed by atoms with Crippen molar-refractivity contribution < 1.29 is 9.47 Å². The Morgan fingerprint density at radius 1 is 1.57 bits per heavy atom. The van der Waals surface area contributed by atoms with Crippen molar-refractivity contribution in [2.45, 2.75) is 51.0 Å². The number of halogens is 1. The monoisotopic (exact) mass is 313 g/mol. The van der Waals surface area contributed by atoms with Gasteiger partial charge in [0.1, 0.15) is 0 Å². The third-order valence-corrected chi connectivity index (χ3v) is 4.93. The molecule has 2 aliphatic rings. The standard InChI is InChI=1S/C15H24ClN3O2/c1-3-17-14(11-8-10-4-5-13(11)21-10)15-12(16)9-18-19(15)6-7-20-2/h9-11,13-14,17H,3-8H2,1-2H3. The lowest BCUT2D eigenvalue weighted by atomic mass is 9.82. The molecule has 0 radical (unpaired) electrons. The zero-order valence-electron chi connectivity index (χ0n) is 12.7. The first-order chi connectivity index (χ1) is 10.2. The summed E-state index contributed by atoms with van der Waals surface area (Å²) in [6.45, 7) is 4.40. The molecule has 118 valence electrons. The molecule has 21 heavy (non-hydrogen) atoms. The van der Waals surface area contributed by atoms with Gasteiger partial charge in [0.15, 0.2) is 0 Å². The quantitative estimate of drug-likeness (QED) is 0.840. The second-order valence-corrected chi connectivity index (χ2v) is 6.31. The van der Waals surface area contributed by atoms with E-state index >= 15 is 0 Å². The smallest absolute Gasteiger partial charge is 0.0834 e. The summed E-state index contributed by atoms with van der Waals surface area (Å²) in [4.78, 5) is 0. The van der Waals surface area contributed by atoms with Crippen LogP contribution < -0.4 is 5.32 Å². The van der Waals surface area contributed by atoms with Gasteiger partial charge >= 0.3 is 0 Å². The van der Waals surface area contributed by atoms with Crippen LogP contribution in [-0.4, -0.2) is 42.2 Å². The van der Waals surface area contributed by atoms with Crippen LogP contribution in [0.25, 0.3) is 0 Å². The molecule has 2 saturated heterocycles. The van der Waals surface area contributed by atoms with Crippen molar-refractivity contribution in [3.63, 3.8) is 0 Å². The van der Waals surface area contributed by atoms with E-state index < -0.39 is 0 Å². The van der Waals surface area contributed by atoms with Gasteiger partial charge < -0.3 is 14.8 Å². The van der Waals surface area contributed by atoms with Crippen molar-refractivity contribution in [2.24, 2.45) is 5.92 Å². The predicted molar refractivity (Wildman–Crippen MR) is 81.5 cm³/mol. The van der Waals surface area contributed by atoms with Crippen LogP contribution in [0.2, 0.25) is 5.02 Å². The number of ether oxygens (including phenoxy) is 2. The van der Waals surface area contributed by atoms with E-state index in [0.29, 0.717) is 24.7 Å². The molecule has 4 atom stereocenters. The summed E-state index contributed by atoms with van der Waals surface area (Å²) in [5.74, 6) is 0.485. The van der Waals surface area contributed by atoms with Gasteiger partial charge in [0.2, 0.25) is 0 Å². The lowest BCUT2D eigenvalue weighted by Crippen LogP contribution is -2.35. The molecule has 5 nitrogen and oxygen atoms in total. The summed E-state index contributed by atoms with van der Waals surface area (Å²) in [7, 11) is 1.70. The summed E-state index contributed by atoms with van der Waals surface area (Å²) in [5, 5.41) is 8.75. The molecule has 1 aromatic rings. The van der Waals surface area contributed by atoms with Gasteiger partial charge in [-0.15, -0.1) is 0 Å². The number of methoxy groups -OCH3 is 1. The van der Waals surface area contributed by atoms with Crippen LogP contribution in [0.4, 0.5) is 0 Å². The molecule has 0 aromatic carbocycles. The predicted octanol–water partition coefficient (Wildman–Crippen LogP) is 2.40. The molecule has 4 unspecified atom stereocenters. The van der Waals surface area contributed by atoms with Crippen molar-refractivity contribution >= 4 is 11.6 Å². The van der Waals surface area contributed by atoms with E-state index in [1.165, 1.54) is 12.8 Å². The molecular formula is C15H24ClN3O2. The maximum absolute atomic E-state index is 6.43. The number of aromatic nitrogens is 2. The molecule has 1 N–H and O–H groups in total. The first-order valence-corrected chi connectivity index (χ1v) is 8.21. The largest absolute Gasteiger partial charge is 0.383 e. The van der Waals surface area contributed by atoms with E-state index in [2.05, 4.69) is 17.3 Å². The molecule has 0 spiro atoms. The van der Waals surface area contributed by atoms with Gasteiger partial charge in [-0.2, -0.15) is 5.10 Å². The van der Waals surface area contributed by atoms with Crippen LogP contribution in [-0.2, 0) is 16.0 Å². The van der Waals surface area contributed by atoms with Gasteiger partial charge in [-0.3, -0.25) is 4.68 Å². The Morgan fingerprint density at radius 3 is 3.05 bits per heavy atom. The van der Waals surface area contributed by atoms with E-state index in [9.17, 15) is 0 Å². The molecule has 1 aromatic heterocycles. The third-order valence-electron chi connectivity index (χ3n) is 4.64. The minimum absolute atomic E-state index is 0.206. The van der Waals surface area contributed by atoms with Crippen LogP contribution in [0.3, 0.4) is 0 Å². The molecule has 2 fully saturated rings. The number of nitrogens with zero attached hydrogens (tertiary/aromatic N) is 2. The normalized spacial score (nSPS) is 29.2. The number of nitrogens with one attached hydrogen (secondary N) is 1. The summed E-state index contributed by atoms with van der Waals surface area (Å²) < 4.78 is 13.2. The van der Waals surface area contributed by atoms with Crippen LogP contribution in [0.15, 0.2) is 6.20 Å². The van der Waals surface area contributed by atoms with Crippen molar-refractivity contribution in [3.05, 3.63) is 16.9 Å². The number of hydrogen-bond donors (Lipinski definition) is 1. The fraction of sp³-hybridized carbons (Fsp3) is 0.800. The molecular weight excluding hydrogens is 290 g/mol. The molecule has 2 bridgehead atoms. The second-order valence-electron chi connectivity index (χ2n) is 5.90. The maximum atomic E-state index is 6.43. The van der Waals surface area contributed by atoms with Gasteiger partial charge in [0, 0.05) is 13.0 Å². The van der Waals surface area contributed by atoms with E-state index in [1.54, 1.807) is 13.3 Å². The summed E-state index contributed by atoms with van der Waals surface area (Å²) in [5.41, 5.74) is 1.08. The van der Waals surface area contributed by atoms with Crippen LogP contribution in [0.1, 0.15) is 37.9 Å².